The van der Waals surface area contributed by atoms with Crippen molar-refractivity contribution in [3.05, 3.63) is 29.8 Å². The molecule has 2 N–H and O–H groups in total. The van der Waals surface area contributed by atoms with Crippen LogP contribution in [0.4, 0.5) is 0 Å². The number of aliphatic hydroxyl groups excluding tert-OH is 1. The lowest BCUT2D eigenvalue weighted by atomic mass is 10.1. The second-order valence-electron chi connectivity index (χ2n) is 5.26. The Morgan fingerprint density at radius 2 is 1.95 bits per heavy atom. The minimum atomic E-state index is -0.483. The van der Waals surface area contributed by atoms with Crippen LogP contribution in [0.5, 0.6) is 5.75 Å². The highest BCUT2D eigenvalue weighted by Gasteiger charge is 2.14. The highest BCUT2D eigenvalue weighted by Crippen LogP contribution is 2.12. The van der Waals surface area contributed by atoms with Gasteiger partial charge in [-0.2, -0.15) is 0 Å². The number of nitrogens with one attached hydrogen (secondary N) is 1. The van der Waals surface area contributed by atoms with Gasteiger partial charge in [-0.05, 0) is 37.0 Å². The first-order valence-electron chi connectivity index (χ1n) is 7.49. The summed E-state index contributed by atoms with van der Waals surface area (Å²) >= 11 is 0. The molecule has 0 spiro atoms. The van der Waals surface area contributed by atoms with Crippen LogP contribution < -0.4 is 10.1 Å². The van der Waals surface area contributed by atoms with Crippen molar-refractivity contribution in [2.45, 2.75) is 38.3 Å². The van der Waals surface area contributed by atoms with Gasteiger partial charge in [-0.15, -0.1) is 12.4 Å². The number of aliphatic hydroxyl groups is 1. The van der Waals surface area contributed by atoms with Crippen molar-refractivity contribution >= 4 is 12.4 Å². The molecule has 0 amide bonds. The minimum Gasteiger partial charge on any atom is -0.491 e. The lowest BCUT2D eigenvalue weighted by molar-refractivity contribution is 0.0655. The molecule has 0 aromatic heterocycles. The van der Waals surface area contributed by atoms with Crippen molar-refractivity contribution in [2.24, 2.45) is 0 Å². The van der Waals surface area contributed by atoms with E-state index in [4.69, 9.17) is 9.47 Å². The van der Waals surface area contributed by atoms with Gasteiger partial charge in [-0.1, -0.05) is 19.1 Å². The van der Waals surface area contributed by atoms with Gasteiger partial charge in [0.15, 0.2) is 0 Å². The van der Waals surface area contributed by atoms with Gasteiger partial charge in [0.05, 0.1) is 0 Å². The third-order valence-corrected chi connectivity index (χ3v) is 3.64. The molecule has 1 heterocycles. The number of halogens is 1. The smallest absolute Gasteiger partial charge is 0.119 e. The zero-order valence-corrected chi connectivity index (χ0v) is 13.4. The molecule has 1 aromatic rings. The van der Waals surface area contributed by atoms with E-state index < -0.39 is 6.10 Å². The number of ether oxygens (including phenoxy) is 2. The molecule has 1 fully saturated rings. The van der Waals surface area contributed by atoms with Crippen LogP contribution in [0.25, 0.3) is 0 Å². The fraction of sp³-hybridized carbons (Fsp3) is 0.625. The minimum absolute atomic E-state index is 0. The summed E-state index contributed by atoms with van der Waals surface area (Å²) < 4.78 is 10.9. The Balaban J connectivity index is 0.00000220. The maximum atomic E-state index is 9.92. The molecule has 1 unspecified atom stereocenters. The van der Waals surface area contributed by atoms with Gasteiger partial charge >= 0.3 is 0 Å². The fourth-order valence-corrected chi connectivity index (χ4v) is 2.28. The summed E-state index contributed by atoms with van der Waals surface area (Å²) in [6.07, 6.45) is 2.58. The van der Waals surface area contributed by atoms with Crippen LogP contribution in [0.15, 0.2) is 24.3 Å². The third kappa shape index (κ3) is 6.66. The van der Waals surface area contributed by atoms with Crippen molar-refractivity contribution in [3.63, 3.8) is 0 Å². The van der Waals surface area contributed by atoms with E-state index in [0.717, 1.165) is 38.2 Å². The average molecular weight is 316 g/mol. The molecule has 2 rings (SSSR count). The van der Waals surface area contributed by atoms with Crippen molar-refractivity contribution in [1.82, 2.24) is 5.32 Å². The Labute approximate surface area is 133 Å². The van der Waals surface area contributed by atoms with Crippen molar-refractivity contribution in [1.29, 1.82) is 0 Å². The van der Waals surface area contributed by atoms with Gasteiger partial charge in [0.2, 0.25) is 0 Å². The molecule has 5 heteroatoms. The molecule has 120 valence electrons. The summed E-state index contributed by atoms with van der Waals surface area (Å²) in [5, 5.41) is 13.3. The van der Waals surface area contributed by atoms with Gasteiger partial charge in [-0.25, -0.2) is 0 Å². The number of aryl methyl sites for hydroxylation is 1. The summed E-state index contributed by atoms with van der Waals surface area (Å²) in [5.41, 5.74) is 1.29. The van der Waals surface area contributed by atoms with Crippen LogP contribution in [-0.2, 0) is 11.2 Å². The van der Waals surface area contributed by atoms with Gasteiger partial charge in [0.1, 0.15) is 18.5 Å². The van der Waals surface area contributed by atoms with Crippen LogP contribution in [0.1, 0.15) is 25.3 Å². The van der Waals surface area contributed by atoms with E-state index in [1.807, 2.05) is 12.1 Å². The molecule has 0 radical (unpaired) electrons. The van der Waals surface area contributed by atoms with Gasteiger partial charge < -0.3 is 19.9 Å². The standard InChI is InChI=1S/C16H25NO3.ClH/c1-2-13-3-5-16(6-4-13)20-12-15(18)11-17-14-7-9-19-10-8-14;/h3-6,14-15,17-18H,2,7-12H2,1H3;1H. The van der Waals surface area contributed by atoms with Gasteiger partial charge in [0, 0.05) is 25.8 Å². The van der Waals surface area contributed by atoms with Crippen LogP contribution in [0.3, 0.4) is 0 Å². The first-order chi connectivity index (χ1) is 9.78. The molecule has 1 aliphatic rings. The Morgan fingerprint density at radius 3 is 2.57 bits per heavy atom. The van der Waals surface area contributed by atoms with E-state index in [9.17, 15) is 5.11 Å². The monoisotopic (exact) mass is 315 g/mol. The molecular weight excluding hydrogens is 290 g/mol. The van der Waals surface area contributed by atoms with E-state index in [0.29, 0.717) is 19.2 Å². The molecule has 21 heavy (non-hydrogen) atoms. The summed E-state index contributed by atoms with van der Waals surface area (Å²) in [6, 6.07) is 8.49. The number of hydrogen-bond donors (Lipinski definition) is 2. The molecular formula is C16H26ClNO3. The SMILES string of the molecule is CCc1ccc(OCC(O)CNC2CCOCC2)cc1.Cl. The largest absolute Gasteiger partial charge is 0.491 e. The molecule has 0 aliphatic carbocycles. The predicted molar refractivity (Wildman–Crippen MR) is 86.4 cm³/mol. The highest BCUT2D eigenvalue weighted by molar-refractivity contribution is 5.85. The van der Waals surface area contributed by atoms with E-state index in [1.165, 1.54) is 5.56 Å². The lowest BCUT2D eigenvalue weighted by Crippen LogP contribution is -2.40. The van der Waals surface area contributed by atoms with Crippen LogP contribution in [0, 0.1) is 0 Å². The molecule has 1 aliphatic heterocycles. The fourth-order valence-electron chi connectivity index (χ4n) is 2.28. The van der Waals surface area contributed by atoms with E-state index in [-0.39, 0.29) is 12.4 Å². The maximum Gasteiger partial charge on any atom is 0.119 e. The van der Waals surface area contributed by atoms with E-state index in [1.54, 1.807) is 0 Å². The molecule has 1 saturated heterocycles. The van der Waals surface area contributed by atoms with Gasteiger partial charge in [0.25, 0.3) is 0 Å². The summed E-state index contributed by atoms with van der Waals surface area (Å²) in [5.74, 6) is 0.812. The number of rotatable bonds is 7. The second kappa shape index (κ2) is 10.0. The normalized spacial score (nSPS) is 17.0. The quantitative estimate of drug-likeness (QED) is 0.810. The first-order valence-corrected chi connectivity index (χ1v) is 7.49. The molecule has 0 saturated carbocycles. The number of hydrogen-bond acceptors (Lipinski definition) is 4. The summed E-state index contributed by atoms with van der Waals surface area (Å²) in [6.45, 7) is 4.64. The molecule has 1 atom stereocenters. The van der Waals surface area contributed by atoms with Crippen LogP contribution in [0.2, 0.25) is 0 Å². The van der Waals surface area contributed by atoms with Crippen molar-refractivity contribution in [3.8, 4) is 5.75 Å². The first kappa shape index (κ1) is 18.2. The Hall–Kier alpha value is -0.810. The number of benzene rings is 1. The molecule has 0 bridgehead atoms. The van der Waals surface area contributed by atoms with Crippen molar-refractivity contribution in [2.75, 3.05) is 26.4 Å². The lowest BCUT2D eigenvalue weighted by Gasteiger charge is -2.24. The zero-order chi connectivity index (χ0) is 14.2. The second-order valence-corrected chi connectivity index (χ2v) is 5.26. The van der Waals surface area contributed by atoms with Crippen molar-refractivity contribution < 1.29 is 14.6 Å². The summed E-state index contributed by atoms with van der Waals surface area (Å²) in [7, 11) is 0. The highest BCUT2D eigenvalue weighted by atomic mass is 35.5. The van der Waals surface area contributed by atoms with Gasteiger partial charge in [-0.3, -0.25) is 0 Å². The average Bonchev–Trinajstić information content (AvgIpc) is 2.52. The maximum absolute atomic E-state index is 9.92. The molecule has 1 aromatic carbocycles. The Bertz CT molecular complexity index is 380. The molecule has 4 nitrogen and oxygen atoms in total. The Kier molecular flexibility index (Phi) is 8.69. The van der Waals surface area contributed by atoms with Crippen LogP contribution in [-0.4, -0.2) is 43.6 Å². The Morgan fingerprint density at radius 1 is 1.29 bits per heavy atom. The third-order valence-electron chi connectivity index (χ3n) is 3.64. The summed E-state index contributed by atoms with van der Waals surface area (Å²) in [4.78, 5) is 0. The topological polar surface area (TPSA) is 50.7 Å². The predicted octanol–water partition coefficient (Wildman–Crippen LogP) is 2.18. The van der Waals surface area contributed by atoms with Crippen LogP contribution >= 0.6 is 12.4 Å². The van der Waals surface area contributed by atoms with E-state index in [2.05, 4.69) is 24.4 Å². The zero-order valence-electron chi connectivity index (χ0n) is 12.6. The van der Waals surface area contributed by atoms with E-state index >= 15 is 0 Å².